The number of fused-ring (bicyclic) bond motifs is 6. The maximum absolute atomic E-state index is 2.45. The summed E-state index contributed by atoms with van der Waals surface area (Å²) >= 11 is 0. The zero-order chi connectivity index (χ0) is 41.7. The predicted octanol–water partition coefficient (Wildman–Crippen LogP) is 16.0. The van der Waals surface area contributed by atoms with Crippen molar-refractivity contribution in [3.8, 4) is 39.1 Å². The normalized spacial score (nSPS) is 12.6. The van der Waals surface area contributed by atoms with Crippen LogP contribution in [0.2, 0.25) is 0 Å². The van der Waals surface area contributed by atoms with Gasteiger partial charge in [0.1, 0.15) is 0 Å². The van der Waals surface area contributed by atoms with Gasteiger partial charge in [-0.05, 0) is 116 Å². The monoisotopic (exact) mass is 802 g/mol. The van der Waals surface area contributed by atoms with Crippen LogP contribution in [0.3, 0.4) is 0 Å². The van der Waals surface area contributed by atoms with E-state index in [4.69, 9.17) is 0 Å². The van der Waals surface area contributed by atoms with Gasteiger partial charge in [0.2, 0.25) is 0 Å². The van der Waals surface area contributed by atoms with Gasteiger partial charge in [-0.3, -0.25) is 0 Å². The van der Waals surface area contributed by atoms with Crippen LogP contribution in [0.4, 0.5) is 17.1 Å². The molecule has 0 saturated heterocycles. The fraction of sp³-hybridized carbons (Fsp3) is 0.0164. The van der Waals surface area contributed by atoms with E-state index in [-0.39, 0.29) is 0 Å². The van der Waals surface area contributed by atoms with Gasteiger partial charge in [-0.2, -0.15) is 0 Å². The van der Waals surface area contributed by atoms with Crippen molar-refractivity contribution in [3.63, 3.8) is 0 Å². The van der Waals surface area contributed by atoms with Crippen LogP contribution >= 0.6 is 0 Å². The summed E-state index contributed by atoms with van der Waals surface area (Å²) < 4.78 is 2.40. The second-order valence-corrected chi connectivity index (χ2v) is 16.5. The Morgan fingerprint density at radius 1 is 0.302 bits per heavy atom. The van der Waals surface area contributed by atoms with Crippen LogP contribution in [-0.4, -0.2) is 4.57 Å². The standard InChI is InChI=1S/C61H42N2/c1-5-18-43(19-6-1)45-20-17-27-51(40-45)62(52-37-39-56-55-29-14-16-31-59(55)63(60(56)42-52)49-25-11-4-12-26-49)50-35-32-44(33-36-50)46-34-38-54-53-28-13-15-30-57(53)61(58(54)41-46,47-21-7-2-8-22-47)48-23-9-3-10-24-48/h1-42H. The molecule has 0 saturated carbocycles. The highest BCUT2D eigenvalue weighted by atomic mass is 15.1. The van der Waals surface area contributed by atoms with Gasteiger partial charge in [-0.15, -0.1) is 0 Å². The third-order valence-corrected chi connectivity index (χ3v) is 13.1. The maximum Gasteiger partial charge on any atom is 0.0713 e. The summed E-state index contributed by atoms with van der Waals surface area (Å²) in [7, 11) is 0. The van der Waals surface area contributed by atoms with Crippen molar-refractivity contribution in [1.29, 1.82) is 0 Å². The zero-order valence-corrected chi connectivity index (χ0v) is 34.6. The Kier molecular flexibility index (Phi) is 8.76. The first-order chi connectivity index (χ1) is 31.3. The van der Waals surface area contributed by atoms with E-state index < -0.39 is 5.41 Å². The molecule has 1 aliphatic rings. The number of hydrogen-bond acceptors (Lipinski definition) is 1. The highest BCUT2D eigenvalue weighted by Gasteiger charge is 2.46. The number of nitrogens with zero attached hydrogens (tertiary/aromatic N) is 2. The average Bonchev–Trinajstić information content (AvgIpc) is 3.85. The SMILES string of the molecule is c1ccc(-c2cccc(N(c3ccc(-c4ccc5c(c4)C(c4ccccc4)(c4ccccc4)c4ccccc4-5)cc3)c3ccc4c5ccccc5n(-c5ccccc5)c4c3)c2)cc1. The number of rotatable bonds is 8. The minimum absolute atomic E-state index is 0.453. The molecule has 0 aliphatic heterocycles. The molecule has 0 atom stereocenters. The largest absolute Gasteiger partial charge is 0.310 e. The first-order valence-corrected chi connectivity index (χ1v) is 21.8. The van der Waals surface area contributed by atoms with Gasteiger partial charge in [0, 0.05) is 33.5 Å². The summed E-state index contributed by atoms with van der Waals surface area (Å²) in [6, 6.07) is 93.2. The fourth-order valence-electron chi connectivity index (χ4n) is 10.3. The fourth-order valence-corrected chi connectivity index (χ4v) is 10.3. The molecule has 2 nitrogen and oxygen atoms in total. The maximum atomic E-state index is 2.45. The van der Waals surface area contributed by atoms with Crippen molar-refractivity contribution < 1.29 is 0 Å². The van der Waals surface area contributed by atoms with Crippen LogP contribution in [0.5, 0.6) is 0 Å². The van der Waals surface area contributed by atoms with E-state index >= 15 is 0 Å². The molecule has 0 fully saturated rings. The van der Waals surface area contributed by atoms with Crippen LogP contribution in [0.1, 0.15) is 22.3 Å². The van der Waals surface area contributed by atoms with E-state index in [0.717, 1.165) is 22.7 Å². The lowest BCUT2D eigenvalue weighted by molar-refractivity contribution is 0.769. The van der Waals surface area contributed by atoms with Crippen molar-refractivity contribution in [2.75, 3.05) is 4.90 Å². The lowest BCUT2D eigenvalue weighted by atomic mass is 9.67. The summed E-state index contributed by atoms with van der Waals surface area (Å²) in [6.07, 6.45) is 0. The molecule has 0 unspecified atom stereocenters. The van der Waals surface area contributed by atoms with E-state index in [1.807, 2.05) is 0 Å². The van der Waals surface area contributed by atoms with E-state index in [0.29, 0.717) is 0 Å². The molecular weight excluding hydrogens is 761 g/mol. The molecule has 0 amide bonds. The van der Waals surface area contributed by atoms with Crippen LogP contribution in [-0.2, 0) is 5.41 Å². The Morgan fingerprint density at radius 3 is 1.57 bits per heavy atom. The summed E-state index contributed by atoms with van der Waals surface area (Å²) in [6.45, 7) is 0. The second kappa shape index (κ2) is 15.1. The quantitative estimate of drug-likeness (QED) is 0.149. The highest BCUT2D eigenvalue weighted by Crippen LogP contribution is 2.56. The second-order valence-electron chi connectivity index (χ2n) is 16.5. The molecule has 10 aromatic carbocycles. The van der Waals surface area contributed by atoms with Crippen LogP contribution < -0.4 is 4.90 Å². The Hall–Kier alpha value is -8.20. The predicted molar refractivity (Wildman–Crippen MR) is 264 cm³/mol. The third-order valence-electron chi connectivity index (χ3n) is 13.1. The smallest absolute Gasteiger partial charge is 0.0713 e. The van der Waals surface area contributed by atoms with Crippen LogP contribution in [0.15, 0.2) is 255 Å². The molecule has 12 rings (SSSR count). The van der Waals surface area contributed by atoms with E-state index in [9.17, 15) is 0 Å². The average molecular weight is 803 g/mol. The Labute approximate surface area is 368 Å². The molecule has 1 aromatic heterocycles. The topological polar surface area (TPSA) is 8.17 Å². The van der Waals surface area contributed by atoms with Gasteiger partial charge >= 0.3 is 0 Å². The number of anilines is 3. The van der Waals surface area contributed by atoms with Crippen molar-refractivity contribution in [2.24, 2.45) is 0 Å². The van der Waals surface area contributed by atoms with Crippen LogP contribution in [0, 0.1) is 0 Å². The summed E-state index contributed by atoms with van der Waals surface area (Å²) in [4.78, 5) is 2.40. The summed E-state index contributed by atoms with van der Waals surface area (Å²) in [5.41, 5.74) is 18.8. The minimum atomic E-state index is -0.453. The first kappa shape index (κ1) is 36.6. The Morgan fingerprint density at radius 2 is 0.825 bits per heavy atom. The molecule has 0 spiro atoms. The lowest BCUT2D eigenvalue weighted by Gasteiger charge is -2.34. The molecule has 63 heavy (non-hydrogen) atoms. The molecule has 11 aromatic rings. The van der Waals surface area contributed by atoms with Gasteiger partial charge in [0.25, 0.3) is 0 Å². The Bertz CT molecular complexity index is 3380. The number of para-hydroxylation sites is 2. The van der Waals surface area contributed by atoms with E-state index in [1.54, 1.807) is 0 Å². The molecule has 1 heterocycles. The number of benzene rings is 10. The molecule has 0 bridgehead atoms. The summed E-state index contributed by atoms with van der Waals surface area (Å²) in [5, 5.41) is 2.47. The molecule has 2 heteroatoms. The molecule has 0 radical (unpaired) electrons. The van der Waals surface area contributed by atoms with Gasteiger partial charge in [0.05, 0.1) is 16.4 Å². The Balaban J connectivity index is 1.02. The van der Waals surface area contributed by atoms with Gasteiger partial charge in [0.15, 0.2) is 0 Å². The zero-order valence-electron chi connectivity index (χ0n) is 34.6. The minimum Gasteiger partial charge on any atom is -0.310 e. The van der Waals surface area contributed by atoms with Gasteiger partial charge in [-0.1, -0.05) is 194 Å². The highest BCUT2D eigenvalue weighted by molar-refractivity contribution is 6.10. The van der Waals surface area contributed by atoms with Gasteiger partial charge < -0.3 is 9.47 Å². The molecule has 1 aliphatic carbocycles. The van der Waals surface area contributed by atoms with E-state index in [1.165, 1.54) is 77.4 Å². The van der Waals surface area contributed by atoms with Crippen molar-refractivity contribution in [2.45, 2.75) is 5.41 Å². The molecule has 296 valence electrons. The number of aromatic nitrogens is 1. The summed E-state index contributed by atoms with van der Waals surface area (Å²) in [5.74, 6) is 0. The van der Waals surface area contributed by atoms with E-state index in [2.05, 4.69) is 264 Å². The van der Waals surface area contributed by atoms with Crippen molar-refractivity contribution in [1.82, 2.24) is 4.57 Å². The number of hydrogen-bond donors (Lipinski definition) is 0. The molecular formula is C61H42N2. The first-order valence-electron chi connectivity index (χ1n) is 21.8. The third kappa shape index (κ3) is 5.95. The van der Waals surface area contributed by atoms with Crippen molar-refractivity contribution in [3.05, 3.63) is 277 Å². The molecule has 0 N–H and O–H groups in total. The lowest BCUT2D eigenvalue weighted by Crippen LogP contribution is -2.28. The van der Waals surface area contributed by atoms with Crippen LogP contribution in [0.25, 0.3) is 60.9 Å². The van der Waals surface area contributed by atoms with Crippen molar-refractivity contribution >= 4 is 38.9 Å². The van der Waals surface area contributed by atoms with Gasteiger partial charge in [-0.25, -0.2) is 0 Å².